The van der Waals surface area contributed by atoms with Gasteiger partial charge in [0.05, 0.1) is 0 Å². The van der Waals surface area contributed by atoms with E-state index in [2.05, 4.69) is 22.3 Å². The smallest absolute Gasteiger partial charge is 0.161 e. The fourth-order valence-corrected chi connectivity index (χ4v) is 3.39. The molecule has 114 valence electrons. The molecule has 0 amide bonds. The summed E-state index contributed by atoms with van der Waals surface area (Å²) in [6, 6.07) is 7.91. The highest BCUT2D eigenvalue weighted by Crippen LogP contribution is 2.31. The summed E-state index contributed by atoms with van der Waals surface area (Å²) in [5, 5.41) is 3.71. The number of nitrogens with zero attached hydrogens (tertiary/aromatic N) is 1. The van der Waals surface area contributed by atoms with Gasteiger partial charge in [-0.15, -0.1) is 0 Å². The lowest BCUT2D eigenvalue weighted by Gasteiger charge is -2.19. The highest BCUT2D eigenvalue weighted by Gasteiger charge is 2.33. The van der Waals surface area contributed by atoms with Crippen molar-refractivity contribution in [1.29, 1.82) is 0 Å². The molecular formula is C17H24N2O2. The van der Waals surface area contributed by atoms with Crippen LogP contribution in [0.15, 0.2) is 18.2 Å². The summed E-state index contributed by atoms with van der Waals surface area (Å²) in [4.78, 5) is 2.65. The van der Waals surface area contributed by atoms with Gasteiger partial charge < -0.3 is 14.8 Å². The molecule has 1 saturated carbocycles. The lowest BCUT2D eigenvalue weighted by molar-refractivity contribution is 0.171. The number of hydrogen-bond acceptors (Lipinski definition) is 4. The van der Waals surface area contributed by atoms with Crippen molar-refractivity contribution >= 4 is 0 Å². The molecule has 1 aromatic rings. The molecule has 1 atom stereocenters. The zero-order valence-electron chi connectivity index (χ0n) is 12.5. The zero-order valence-corrected chi connectivity index (χ0v) is 12.5. The fourth-order valence-electron chi connectivity index (χ4n) is 3.39. The largest absolute Gasteiger partial charge is 0.486 e. The second-order valence-corrected chi connectivity index (χ2v) is 6.39. The van der Waals surface area contributed by atoms with Crippen molar-refractivity contribution in [2.24, 2.45) is 0 Å². The fraction of sp³-hybridized carbons (Fsp3) is 0.647. The third-order valence-corrected chi connectivity index (χ3v) is 4.74. The van der Waals surface area contributed by atoms with Crippen LogP contribution in [0, 0.1) is 0 Å². The van der Waals surface area contributed by atoms with Gasteiger partial charge in [0.25, 0.3) is 0 Å². The predicted molar refractivity (Wildman–Crippen MR) is 82.1 cm³/mol. The lowest BCUT2D eigenvalue weighted by atomic mass is 10.1. The summed E-state index contributed by atoms with van der Waals surface area (Å²) in [5.74, 6) is 1.79. The minimum Gasteiger partial charge on any atom is -0.486 e. The molecule has 1 N–H and O–H groups in total. The second-order valence-electron chi connectivity index (χ2n) is 6.39. The molecule has 0 spiro atoms. The first-order valence-electron chi connectivity index (χ1n) is 8.24. The number of fused-ring (bicyclic) bond motifs is 1. The number of likely N-dealkylation sites (tertiary alicyclic amines) is 1. The van der Waals surface area contributed by atoms with Crippen LogP contribution in [-0.4, -0.2) is 49.8 Å². The van der Waals surface area contributed by atoms with Gasteiger partial charge in [-0.05, 0) is 49.9 Å². The zero-order chi connectivity index (χ0) is 14.1. The first-order valence-corrected chi connectivity index (χ1v) is 8.24. The van der Waals surface area contributed by atoms with Crippen LogP contribution in [0.1, 0.15) is 24.8 Å². The van der Waals surface area contributed by atoms with E-state index in [0.717, 1.165) is 30.5 Å². The Hall–Kier alpha value is -1.26. The molecule has 21 heavy (non-hydrogen) atoms. The van der Waals surface area contributed by atoms with Gasteiger partial charge in [-0.2, -0.15) is 0 Å². The van der Waals surface area contributed by atoms with Gasteiger partial charge in [0.1, 0.15) is 13.2 Å². The number of nitrogens with one attached hydrogen (secondary N) is 1. The molecule has 2 aliphatic heterocycles. The third kappa shape index (κ3) is 3.16. The van der Waals surface area contributed by atoms with Crippen LogP contribution in [0.2, 0.25) is 0 Å². The molecule has 2 fully saturated rings. The van der Waals surface area contributed by atoms with Crippen molar-refractivity contribution in [3.63, 3.8) is 0 Å². The van der Waals surface area contributed by atoms with E-state index in [9.17, 15) is 0 Å². The molecule has 4 nitrogen and oxygen atoms in total. The normalized spacial score (nSPS) is 25.2. The summed E-state index contributed by atoms with van der Waals surface area (Å²) in [6.45, 7) is 4.89. The Morgan fingerprint density at radius 2 is 1.95 bits per heavy atom. The van der Waals surface area contributed by atoms with Crippen LogP contribution < -0.4 is 14.8 Å². The first kappa shape index (κ1) is 13.4. The summed E-state index contributed by atoms with van der Waals surface area (Å²) < 4.78 is 11.2. The van der Waals surface area contributed by atoms with E-state index in [-0.39, 0.29) is 0 Å². The molecule has 1 saturated heterocycles. The summed E-state index contributed by atoms with van der Waals surface area (Å²) in [7, 11) is 0. The minimum atomic E-state index is 0.660. The quantitative estimate of drug-likeness (QED) is 0.896. The Morgan fingerprint density at radius 3 is 2.81 bits per heavy atom. The summed E-state index contributed by atoms with van der Waals surface area (Å²) in [5.41, 5.74) is 1.32. The maximum Gasteiger partial charge on any atom is 0.161 e. The maximum absolute atomic E-state index is 5.64. The van der Waals surface area contributed by atoms with E-state index >= 15 is 0 Å². The van der Waals surface area contributed by atoms with Gasteiger partial charge >= 0.3 is 0 Å². The Morgan fingerprint density at radius 1 is 1.10 bits per heavy atom. The summed E-state index contributed by atoms with van der Waals surface area (Å²) in [6.07, 6.45) is 5.20. The lowest BCUT2D eigenvalue weighted by Crippen LogP contribution is -2.34. The Kier molecular flexibility index (Phi) is 3.74. The van der Waals surface area contributed by atoms with E-state index in [4.69, 9.17) is 9.47 Å². The van der Waals surface area contributed by atoms with Gasteiger partial charge in [0, 0.05) is 25.2 Å². The highest BCUT2D eigenvalue weighted by atomic mass is 16.6. The van der Waals surface area contributed by atoms with E-state index in [0.29, 0.717) is 19.3 Å². The Labute approximate surface area is 126 Å². The van der Waals surface area contributed by atoms with Crippen molar-refractivity contribution in [3.05, 3.63) is 23.8 Å². The average Bonchev–Trinajstić information content (AvgIpc) is 3.27. The molecular weight excluding hydrogens is 264 g/mol. The van der Waals surface area contributed by atoms with E-state index in [1.807, 2.05) is 6.07 Å². The highest BCUT2D eigenvalue weighted by molar-refractivity contribution is 5.43. The van der Waals surface area contributed by atoms with Crippen molar-refractivity contribution in [2.75, 3.05) is 32.8 Å². The minimum absolute atomic E-state index is 0.660. The van der Waals surface area contributed by atoms with Gasteiger partial charge in [0.15, 0.2) is 11.5 Å². The third-order valence-electron chi connectivity index (χ3n) is 4.74. The monoisotopic (exact) mass is 288 g/mol. The van der Waals surface area contributed by atoms with Gasteiger partial charge in [0.2, 0.25) is 0 Å². The molecule has 4 heteroatoms. The molecule has 4 rings (SSSR count). The number of hydrogen-bond donors (Lipinski definition) is 1. The molecule has 0 bridgehead atoms. The van der Waals surface area contributed by atoms with Crippen LogP contribution in [0.4, 0.5) is 0 Å². The van der Waals surface area contributed by atoms with E-state index < -0.39 is 0 Å². The van der Waals surface area contributed by atoms with Gasteiger partial charge in [-0.25, -0.2) is 0 Å². The van der Waals surface area contributed by atoms with Crippen LogP contribution in [0.5, 0.6) is 11.5 Å². The standard InChI is InChI=1S/C17H24N2O2/c1-4-16-17(21-10-9-20-16)11-13(1)5-7-18-14-6-8-19(12-14)15-2-3-15/h1,4,11,14-15,18H,2-3,5-10,12H2. The van der Waals surface area contributed by atoms with Crippen molar-refractivity contribution in [3.8, 4) is 11.5 Å². The van der Waals surface area contributed by atoms with E-state index in [1.165, 1.54) is 37.9 Å². The first-order chi connectivity index (χ1) is 10.4. The molecule has 1 unspecified atom stereocenters. The van der Waals surface area contributed by atoms with Gasteiger partial charge in [-0.1, -0.05) is 6.07 Å². The topological polar surface area (TPSA) is 33.7 Å². The molecule has 2 heterocycles. The molecule has 1 aliphatic carbocycles. The number of ether oxygens (including phenoxy) is 2. The second kappa shape index (κ2) is 5.85. The number of rotatable bonds is 5. The summed E-state index contributed by atoms with van der Waals surface area (Å²) >= 11 is 0. The van der Waals surface area contributed by atoms with Crippen LogP contribution >= 0.6 is 0 Å². The number of benzene rings is 1. The molecule has 0 aromatic heterocycles. The van der Waals surface area contributed by atoms with Crippen molar-refractivity contribution < 1.29 is 9.47 Å². The Balaban J connectivity index is 1.25. The van der Waals surface area contributed by atoms with Gasteiger partial charge in [-0.3, -0.25) is 4.90 Å². The average molecular weight is 288 g/mol. The SMILES string of the molecule is c1cc2c(cc1CCNC1CCN(C3CC3)C1)OCCO2. The van der Waals surface area contributed by atoms with Crippen molar-refractivity contribution in [2.45, 2.75) is 37.8 Å². The maximum atomic E-state index is 5.64. The van der Waals surface area contributed by atoms with Crippen molar-refractivity contribution in [1.82, 2.24) is 10.2 Å². The molecule has 3 aliphatic rings. The van der Waals surface area contributed by atoms with Crippen LogP contribution in [0.25, 0.3) is 0 Å². The predicted octanol–water partition coefficient (Wildman–Crippen LogP) is 1.83. The van der Waals surface area contributed by atoms with E-state index in [1.54, 1.807) is 0 Å². The molecule has 0 radical (unpaired) electrons. The van der Waals surface area contributed by atoms with Crippen LogP contribution in [0.3, 0.4) is 0 Å². The van der Waals surface area contributed by atoms with Crippen LogP contribution in [-0.2, 0) is 6.42 Å². The Bertz CT molecular complexity index is 502. The molecule has 1 aromatic carbocycles.